The van der Waals surface area contributed by atoms with E-state index in [9.17, 15) is 0 Å². The van der Waals surface area contributed by atoms with Crippen molar-refractivity contribution >= 4 is 206 Å². The van der Waals surface area contributed by atoms with E-state index in [2.05, 4.69) is 210 Å². The number of imidazole rings is 1. The van der Waals surface area contributed by atoms with E-state index in [0.717, 1.165) is 22.5 Å². The Hall–Kier alpha value is -5.41. The van der Waals surface area contributed by atoms with Gasteiger partial charge in [-0.25, -0.2) is 4.98 Å². The van der Waals surface area contributed by atoms with Crippen LogP contribution in [0.2, 0.25) is 0 Å². The Bertz CT molecular complexity index is 3160. The first kappa shape index (κ1) is 40.0. The Morgan fingerprint density at radius 1 is 0.300 bits per heavy atom. The highest BCUT2D eigenvalue weighted by atomic mass is 15.1. The van der Waals surface area contributed by atoms with Gasteiger partial charge in [0.15, 0.2) is 0 Å². The van der Waals surface area contributed by atoms with E-state index in [-0.39, 0.29) is 0 Å². The van der Waals surface area contributed by atoms with E-state index in [1.807, 2.05) is 0 Å². The smallest absolute Gasteiger partial charge is 0.144 e. The second kappa shape index (κ2) is 14.9. The number of hydrogen-bond donors (Lipinski definition) is 0. The SMILES string of the molecule is Bc1c(B)c(B)c(-c2nc3ccccc3n2-c2ccc(-c3c4c(B)c(B)c(B)c(B)c4c(-c4ccc(-c5ccccc5)cc4)c4c(B)c(B)c(B)c(B)c34)cc2)c(B)c1B. The molecule has 0 spiro atoms. The summed E-state index contributed by atoms with van der Waals surface area (Å²) in [5, 5.41) is 5.43. The van der Waals surface area contributed by atoms with Gasteiger partial charge in [-0.3, -0.25) is 4.57 Å². The Labute approximate surface area is 366 Å². The van der Waals surface area contributed by atoms with Crippen molar-refractivity contribution in [1.82, 2.24) is 9.55 Å². The molecule has 0 aliphatic rings. The van der Waals surface area contributed by atoms with Crippen LogP contribution in [0, 0.1) is 0 Å². The first-order chi connectivity index (χ1) is 28.7. The summed E-state index contributed by atoms with van der Waals surface area (Å²) < 4.78 is 2.38. The number of aromatic nitrogens is 2. The normalized spacial score (nSPS) is 11.5. The van der Waals surface area contributed by atoms with Crippen molar-refractivity contribution in [3.05, 3.63) is 103 Å². The predicted molar refractivity (Wildman–Crippen MR) is 304 cm³/mol. The maximum Gasteiger partial charge on any atom is 0.144 e. The quantitative estimate of drug-likeness (QED) is 0.126. The lowest BCUT2D eigenvalue weighted by Gasteiger charge is -2.28. The highest BCUT2D eigenvalue weighted by Crippen LogP contribution is 2.41. The molecule has 2 nitrogen and oxygen atoms in total. The molecule has 1 heterocycles. The summed E-state index contributed by atoms with van der Waals surface area (Å²) in [6.07, 6.45) is 0. The zero-order valence-corrected chi connectivity index (χ0v) is 37.7. The van der Waals surface area contributed by atoms with Gasteiger partial charge in [0.25, 0.3) is 0 Å². The van der Waals surface area contributed by atoms with Gasteiger partial charge < -0.3 is 0 Å². The first-order valence-electron chi connectivity index (χ1n) is 21.5. The van der Waals surface area contributed by atoms with Crippen LogP contribution in [-0.4, -0.2) is 112 Å². The minimum Gasteiger partial charge on any atom is -0.292 e. The second-order valence-electron chi connectivity index (χ2n) is 17.5. The van der Waals surface area contributed by atoms with Gasteiger partial charge in [-0.1, -0.05) is 112 Å². The molecule has 0 fully saturated rings. The highest BCUT2D eigenvalue weighted by molar-refractivity contribution is 6.72. The van der Waals surface area contributed by atoms with Crippen LogP contribution in [0.4, 0.5) is 0 Å². The maximum absolute atomic E-state index is 5.36. The van der Waals surface area contributed by atoms with Gasteiger partial charge in [0, 0.05) is 11.3 Å². The second-order valence-corrected chi connectivity index (χ2v) is 17.5. The van der Waals surface area contributed by atoms with E-state index in [4.69, 9.17) is 4.98 Å². The van der Waals surface area contributed by atoms with E-state index in [0.29, 0.717) is 0 Å². The van der Waals surface area contributed by atoms with Crippen LogP contribution in [-0.2, 0) is 0 Å². The van der Waals surface area contributed by atoms with Crippen LogP contribution in [0.15, 0.2) is 103 Å². The summed E-state index contributed by atoms with van der Waals surface area (Å²) in [5.41, 5.74) is 29.6. The van der Waals surface area contributed by atoms with Gasteiger partial charge in [0.1, 0.15) is 108 Å². The molecule has 0 bridgehead atoms. The van der Waals surface area contributed by atoms with Crippen molar-refractivity contribution in [1.29, 1.82) is 0 Å². The van der Waals surface area contributed by atoms with Crippen molar-refractivity contribution in [2.45, 2.75) is 0 Å². The summed E-state index contributed by atoms with van der Waals surface area (Å²) >= 11 is 0. The highest BCUT2D eigenvalue weighted by Gasteiger charge is 2.26. The fourth-order valence-electron chi connectivity index (χ4n) is 10.2. The molecule has 0 radical (unpaired) electrons. The van der Waals surface area contributed by atoms with Crippen molar-refractivity contribution in [3.63, 3.8) is 0 Å². The van der Waals surface area contributed by atoms with Crippen LogP contribution in [0.3, 0.4) is 0 Å². The third-order valence-electron chi connectivity index (χ3n) is 14.9. The maximum atomic E-state index is 5.36. The number of hydrogen-bond acceptors (Lipinski definition) is 1. The molecule has 0 unspecified atom stereocenters. The van der Waals surface area contributed by atoms with Gasteiger partial charge >= 0.3 is 0 Å². The van der Waals surface area contributed by atoms with Crippen LogP contribution >= 0.6 is 0 Å². The molecule has 0 saturated carbocycles. The van der Waals surface area contributed by atoms with Gasteiger partial charge in [-0.2, -0.15) is 0 Å². The van der Waals surface area contributed by atoms with Crippen LogP contribution in [0.5, 0.6) is 0 Å². The molecule has 60 heavy (non-hydrogen) atoms. The molecule has 0 N–H and O–H groups in total. The number of para-hydroxylation sites is 2. The lowest BCUT2D eigenvalue weighted by molar-refractivity contribution is 1.11. The van der Waals surface area contributed by atoms with Crippen LogP contribution < -0.4 is 71.0 Å². The summed E-state index contributed by atoms with van der Waals surface area (Å²) in [7, 11) is 29.9. The molecule has 1 aromatic heterocycles. The van der Waals surface area contributed by atoms with Crippen molar-refractivity contribution in [3.8, 4) is 50.5 Å². The van der Waals surface area contributed by atoms with Gasteiger partial charge in [-0.15, -0.1) is 38.2 Å². The Morgan fingerprint density at radius 2 is 0.650 bits per heavy atom. The molecular formula is C45H43B13N2. The summed E-state index contributed by atoms with van der Waals surface area (Å²) in [5.74, 6) is 0.999. The molecule has 0 aliphatic carbocycles. The third kappa shape index (κ3) is 5.93. The van der Waals surface area contributed by atoms with E-state index in [1.54, 1.807) is 0 Å². The molecular weight excluding hydrogens is 709 g/mol. The number of fused-ring (bicyclic) bond motifs is 3. The van der Waals surface area contributed by atoms with Crippen molar-refractivity contribution < 1.29 is 0 Å². The molecule has 9 rings (SSSR count). The average molecular weight is 752 g/mol. The summed E-state index contributed by atoms with van der Waals surface area (Å²) in [4.78, 5) is 5.36. The molecule has 272 valence electrons. The molecule has 0 saturated heterocycles. The lowest BCUT2D eigenvalue weighted by atomic mass is 9.59. The first-order valence-corrected chi connectivity index (χ1v) is 21.5. The molecule has 9 aromatic rings. The fourth-order valence-corrected chi connectivity index (χ4v) is 10.2. The number of nitrogens with zero attached hydrogens (tertiary/aromatic N) is 2. The van der Waals surface area contributed by atoms with Crippen molar-refractivity contribution in [2.24, 2.45) is 0 Å². The Balaban J connectivity index is 1.35. The van der Waals surface area contributed by atoms with Gasteiger partial charge in [0.05, 0.1) is 11.0 Å². The number of benzene rings is 8. The third-order valence-corrected chi connectivity index (χ3v) is 14.9. The molecule has 0 amide bonds. The molecule has 15 heteroatoms. The van der Waals surface area contributed by atoms with Crippen molar-refractivity contribution in [2.75, 3.05) is 0 Å². The van der Waals surface area contributed by atoms with Crippen LogP contribution in [0.25, 0.3) is 83.0 Å². The molecule has 0 aliphatic heterocycles. The van der Waals surface area contributed by atoms with Crippen LogP contribution in [0.1, 0.15) is 0 Å². The monoisotopic (exact) mass is 754 g/mol. The van der Waals surface area contributed by atoms with E-state index in [1.165, 1.54) is 132 Å². The van der Waals surface area contributed by atoms with Gasteiger partial charge in [0.2, 0.25) is 0 Å². The van der Waals surface area contributed by atoms with Gasteiger partial charge in [-0.05, 0) is 79.2 Å². The number of rotatable bonds is 5. The van der Waals surface area contributed by atoms with E-state index >= 15 is 0 Å². The largest absolute Gasteiger partial charge is 0.292 e. The standard InChI is InChI=1S/C45H43B13N2/c46-32-27-25(20-12-10-19(11-13-20)18-6-2-1-3-7-18)28-30(35(49)41(55)39(53)33(28)47)26(29(27)34(48)40(54)38(32)52)21-14-16-22(17-15-21)60-24-9-5-4-8-23(24)59-45(60)31-36(50)42(56)44(58)43(57)37(31)51/h1-17H,46-58H2. The Kier molecular flexibility index (Phi) is 9.97. The fraction of sp³-hybridized carbons (Fsp3) is 0. The minimum atomic E-state index is 0.999. The predicted octanol–water partition coefficient (Wildman–Crippen LogP) is -10.6. The topological polar surface area (TPSA) is 17.8 Å². The Morgan fingerprint density at radius 3 is 1.12 bits per heavy atom. The zero-order valence-electron chi connectivity index (χ0n) is 37.7. The molecule has 0 atom stereocenters. The average Bonchev–Trinajstić information content (AvgIpc) is 3.65. The summed E-state index contributed by atoms with van der Waals surface area (Å²) in [6, 6.07) is 38.0. The zero-order chi connectivity index (χ0) is 42.5. The lowest BCUT2D eigenvalue weighted by Crippen LogP contribution is -2.55. The van der Waals surface area contributed by atoms with E-state index < -0.39 is 0 Å². The molecule has 8 aromatic carbocycles. The summed E-state index contributed by atoms with van der Waals surface area (Å²) in [6.45, 7) is 0. The minimum absolute atomic E-state index is 0.999.